The third-order valence-corrected chi connectivity index (χ3v) is 9.79. The Morgan fingerprint density at radius 3 is 2.37 bits per heavy atom. The quantitative estimate of drug-likeness (QED) is 0.375. The molecule has 35 heavy (non-hydrogen) atoms. The first-order valence-corrected chi connectivity index (χ1v) is 13.7. The molecule has 2 fully saturated rings. The van der Waals surface area contributed by atoms with Gasteiger partial charge in [0, 0.05) is 34.8 Å². The highest BCUT2D eigenvalue weighted by atomic mass is 35.5. The van der Waals surface area contributed by atoms with Crippen molar-refractivity contribution < 1.29 is 4.79 Å². The number of piperidine rings is 1. The first-order chi connectivity index (χ1) is 16.7. The second-order valence-corrected chi connectivity index (χ2v) is 12.1. The van der Waals surface area contributed by atoms with Crippen LogP contribution in [0.4, 0.5) is 5.69 Å². The molecular formula is C29H32Cl2N2OS. The number of nitrogens with zero attached hydrogens (tertiary/aromatic N) is 2. The van der Waals surface area contributed by atoms with Gasteiger partial charge in [-0.05, 0) is 73.8 Å². The molecule has 1 heterocycles. The maximum Gasteiger partial charge on any atom is 0.265 e. The van der Waals surface area contributed by atoms with E-state index in [4.69, 9.17) is 35.4 Å². The van der Waals surface area contributed by atoms with Crippen molar-refractivity contribution >= 4 is 52.0 Å². The van der Waals surface area contributed by atoms with E-state index in [-0.39, 0.29) is 16.7 Å². The van der Waals surface area contributed by atoms with E-state index in [0.717, 1.165) is 31.6 Å². The van der Waals surface area contributed by atoms with Crippen LogP contribution >= 0.6 is 35.4 Å². The van der Waals surface area contributed by atoms with Crippen molar-refractivity contribution in [2.45, 2.75) is 52.9 Å². The number of rotatable bonds is 4. The van der Waals surface area contributed by atoms with E-state index in [1.54, 1.807) is 23.1 Å². The van der Waals surface area contributed by atoms with Crippen molar-refractivity contribution in [2.24, 2.45) is 16.7 Å². The molecule has 0 spiro atoms. The second-order valence-electron chi connectivity index (χ2n) is 10.9. The molecule has 3 aliphatic rings. The van der Waals surface area contributed by atoms with Crippen LogP contribution in [0.25, 0.3) is 0 Å². The molecule has 1 aliphatic heterocycles. The highest BCUT2D eigenvalue weighted by Gasteiger charge is 2.63. The fourth-order valence-corrected chi connectivity index (χ4v) is 7.50. The number of carbonyl (C=O) groups excluding carboxylic acids is 1. The zero-order valence-electron chi connectivity index (χ0n) is 20.6. The largest absolute Gasteiger partial charge is 0.374 e. The summed E-state index contributed by atoms with van der Waals surface area (Å²) in [5, 5.41) is 0.829. The molecule has 2 aromatic carbocycles. The topological polar surface area (TPSA) is 23.6 Å². The van der Waals surface area contributed by atoms with E-state index < -0.39 is 0 Å². The van der Waals surface area contributed by atoms with Gasteiger partial charge in [-0.2, -0.15) is 0 Å². The number of likely N-dealkylation sites (tertiary alicyclic amines) is 1. The number of benzene rings is 2. The standard InChI is InChI=1S/C29H32Cl2N2OS/c1-28(2)22-14-15-29(28,3)25(32-16-8-5-9-17-32)24(22)27(35)33(20-10-6-4-7-11-20)26(34)21-13-12-19(30)18-23(21)31/h4,6-7,10-13,18,22H,5,8-9,14-17H2,1-3H3/t22-,29+/m1/s1. The lowest BCUT2D eigenvalue weighted by atomic mass is 9.69. The summed E-state index contributed by atoms with van der Waals surface area (Å²) in [5.41, 5.74) is 3.82. The normalized spacial score (nSPS) is 25.2. The van der Waals surface area contributed by atoms with Gasteiger partial charge in [-0.1, -0.05) is 74.4 Å². The molecule has 5 rings (SSSR count). The Labute approximate surface area is 224 Å². The Morgan fingerprint density at radius 1 is 1.03 bits per heavy atom. The Balaban J connectivity index is 1.66. The Bertz CT molecular complexity index is 1200. The van der Waals surface area contributed by atoms with Crippen molar-refractivity contribution in [1.82, 2.24) is 4.90 Å². The number of fused-ring (bicyclic) bond motifs is 2. The molecule has 2 aliphatic carbocycles. The Kier molecular flexibility index (Phi) is 6.52. The average Bonchev–Trinajstić information content (AvgIpc) is 3.17. The van der Waals surface area contributed by atoms with Crippen LogP contribution in [-0.4, -0.2) is 28.9 Å². The molecule has 2 atom stereocenters. The second kappa shape index (κ2) is 9.21. The van der Waals surface area contributed by atoms with E-state index in [9.17, 15) is 4.79 Å². The average molecular weight is 528 g/mol. The van der Waals surface area contributed by atoms with Crippen LogP contribution in [0.5, 0.6) is 0 Å². The van der Waals surface area contributed by atoms with Gasteiger partial charge in [0.15, 0.2) is 0 Å². The van der Waals surface area contributed by atoms with Gasteiger partial charge in [0.1, 0.15) is 4.99 Å². The van der Waals surface area contributed by atoms with E-state index in [2.05, 4.69) is 25.7 Å². The maximum atomic E-state index is 14.1. The van der Waals surface area contributed by atoms with Crippen LogP contribution in [0, 0.1) is 16.7 Å². The van der Waals surface area contributed by atoms with Crippen LogP contribution in [0.2, 0.25) is 10.0 Å². The summed E-state index contributed by atoms with van der Waals surface area (Å²) in [5.74, 6) is 0.0933. The highest BCUT2D eigenvalue weighted by molar-refractivity contribution is 7.81. The molecule has 6 heteroatoms. The van der Waals surface area contributed by atoms with E-state index in [1.165, 1.54) is 30.5 Å². The zero-order chi connectivity index (χ0) is 25.0. The fourth-order valence-electron chi connectivity index (χ4n) is 6.59. The van der Waals surface area contributed by atoms with E-state index in [0.29, 0.717) is 26.5 Å². The van der Waals surface area contributed by atoms with Crippen molar-refractivity contribution in [1.29, 1.82) is 0 Å². The number of allylic oxidation sites excluding steroid dienone is 1. The SMILES string of the molecule is CC1(C)[C@@H]2CC[C@@]1(C)C(N1CCCCC1)=C2C(=S)N(C(=O)c1ccc(Cl)cc1Cl)c1ccccc1. The number of thiocarbonyl (C=S) groups is 1. The lowest BCUT2D eigenvalue weighted by Crippen LogP contribution is -2.42. The Morgan fingerprint density at radius 2 is 1.71 bits per heavy atom. The summed E-state index contributed by atoms with van der Waals surface area (Å²) in [6.45, 7) is 9.30. The molecule has 2 bridgehead atoms. The molecule has 1 saturated carbocycles. The third kappa shape index (κ3) is 3.93. The van der Waals surface area contributed by atoms with Gasteiger partial charge in [-0.25, -0.2) is 0 Å². The number of amides is 1. The molecule has 2 aromatic rings. The smallest absolute Gasteiger partial charge is 0.265 e. The van der Waals surface area contributed by atoms with Gasteiger partial charge in [-0.15, -0.1) is 0 Å². The van der Waals surface area contributed by atoms with Gasteiger partial charge in [-0.3, -0.25) is 9.69 Å². The maximum absolute atomic E-state index is 14.1. The molecule has 184 valence electrons. The monoisotopic (exact) mass is 526 g/mol. The molecule has 0 radical (unpaired) electrons. The summed E-state index contributed by atoms with van der Waals surface area (Å²) in [6.07, 6.45) is 5.93. The third-order valence-electron chi connectivity index (χ3n) is 8.84. The lowest BCUT2D eigenvalue weighted by molar-refractivity contribution is 0.100. The van der Waals surface area contributed by atoms with Crippen LogP contribution < -0.4 is 4.90 Å². The van der Waals surface area contributed by atoms with Crippen LogP contribution in [-0.2, 0) is 0 Å². The summed E-state index contributed by atoms with van der Waals surface area (Å²) in [7, 11) is 0. The van der Waals surface area contributed by atoms with Gasteiger partial charge in [0.2, 0.25) is 0 Å². The van der Waals surface area contributed by atoms with Gasteiger partial charge in [0.05, 0.1) is 16.3 Å². The minimum absolute atomic E-state index is 0.0394. The predicted molar refractivity (Wildman–Crippen MR) is 149 cm³/mol. The predicted octanol–water partition coefficient (Wildman–Crippen LogP) is 8.16. The van der Waals surface area contributed by atoms with Crippen molar-refractivity contribution in [3.63, 3.8) is 0 Å². The van der Waals surface area contributed by atoms with Gasteiger partial charge < -0.3 is 4.90 Å². The minimum atomic E-state index is -0.223. The molecule has 0 N–H and O–H groups in total. The van der Waals surface area contributed by atoms with Crippen LogP contribution in [0.15, 0.2) is 59.8 Å². The number of anilines is 1. The highest BCUT2D eigenvalue weighted by Crippen LogP contribution is 2.68. The molecule has 0 unspecified atom stereocenters. The summed E-state index contributed by atoms with van der Waals surface area (Å²) >= 11 is 18.9. The summed E-state index contributed by atoms with van der Waals surface area (Å²) in [6, 6.07) is 14.7. The van der Waals surface area contributed by atoms with Crippen LogP contribution in [0.1, 0.15) is 63.2 Å². The van der Waals surface area contributed by atoms with Crippen molar-refractivity contribution in [2.75, 3.05) is 18.0 Å². The van der Waals surface area contributed by atoms with Crippen molar-refractivity contribution in [3.05, 3.63) is 75.4 Å². The molecule has 1 amide bonds. The minimum Gasteiger partial charge on any atom is -0.374 e. The van der Waals surface area contributed by atoms with E-state index in [1.807, 2.05) is 30.3 Å². The van der Waals surface area contributed by atoms with Gasteiger partial charge >= 0.3 is 0 Å². The van der Waals surface area contributed by atoms with E-state index >= 15 is 0 Å². The molecule has 0 aromatic heterocycles. The number of halogens is 2. The number of para-hydroxylation sites is 1. The van der Waals surface area contributed by atoms with Crippen LogP contribution in [0.3, 0.4) is 0 Å². The van der Waals surface area contributed by atoms with Crippen molar-refractivity contribution in [3.8, 4) is 0 Å². The fraction of sp³-hybridized carbons (Fsp3) is 0.448. The number of hydrogen-bond acceptors (Lipinski definition) is 3. The Hall–Kier alpha value is -1.88. The lowest BCUT2D eigenvalue weighted by Gasteiger charge is -2.43. The first-order valence-electron chi connectivity index (χ1n) is 12.6. The summed E-state index contributed by atoms with van der Waals surface area (Å²) in [4.78, 5) is 19.0. The number of hydrogen-bond donors (Lipinski definition) is 0. The zero-order valence-corrected chi connectivity index (χ0v) is 22.9. The molecule has 1 saturated heterocycles. The van der Waals surface area contributed by atoms with Gasteiger partial charge in [0.25, 0.3) is 5.91 Å². The number of carbonyl (C=O) groups is 1. The first kappa shape index (κ1) is 24.8. The molecular weight excluding hydrogens is 495 g/mol. The molecule has 3 nitrogen and oxygen atoms in total. The summed E-state index contributed by atoms with van der Waals surface area (Å²) < 4.78 is 0.